The number of nitrogens with zero attached hydrogens (tertiary/aromatic N) is 3. The van der Waals surface area contributed by atoms with Gasteiger partial charge in [0.2, 0.25) is 0 Å². The Labute approximate surface area is 163 Å². The maximum absolute atomic E-state index is 13.3. The molecule has 0 amide bonds. The Morgan fingerprint density at radius 3 is 2.50 bits per heavy atom. The summed E-state index contributed by atoms with van der Waals surface area (Å²) in [5.41, 5.74) is 8.30. The highest BCUT2D eigenvalue weighted by Crippen LogP contribution is 2.22. The summed E-state index contributed by atoms with van der Waals surface area (Å²) in [6.07, 6.45) is 3.63. The minimum absolute atomic E-state index is 0.308. The van der Waals surface area contributed by atoms with Crippen LogP contribution in [0.4, 0.5) is 10.1 Å². The quantitative estimate of drug-likeness (QED) is 0.376. The maximum Gasteiger partial charge on any atom is 0.125 e. The number of hydrazone groups is 1. The number of nitrogens with one attached hydrogen (secondary N) is 1. The zero-order chi connectivity index (χ0) is 19.3. The first-order valence-corrected chi connectivity index (χ1v) is 8.96. The smallest absolute Gasteiger partial charge is 0.125 e. The van der Waals surface area contributed by atoms with E-state index in [9.17, 15) is 4.39 Å². The average molecular weight is 370 g/mol. The van der Waals surface area contributed by atoms with Gasteiger partial charge in [0, 0.05) is 17.3 Å². The molecule has 0 bridgehead atoms. The van der Waals surface area contributed by atoms with Crippen LogP contribution in [-0.4, -0.2) is 16.0 Å². The second kappa shape index (κ2) is 7.88. The van der Waals surface area contributed by atoms with Gasteiger partial charge in [0.1, 0.15) is 11.5 Å². The number of anilines is 1. The number of halogens is 1. The molecule has 0 aliphatic rings. The van der Waals surface area contributed by atoms with Crippen LogP contribution in [-0.2, 0) is 0 Å². The predicted octanol–water partition coefficient (Wildman–Crippen LogP) is 5.43. The number of aryl methyl sites for hydroxylation is 1. The van der Waals surface area contributed by atoms with E-state index in [4.69, 9.17) is 5.10 Å². The average Bonchev–Trinajstić information content (AvgIpc) is 3.13. The summed E-state index contributed by atoms with van der Waals surface area (Å²) in [5, 5.41) is 9.02. The topological polar surface area (TPSA) is 42.2 Å². The van der Waals surface area contributed by atoms with Crippen LogP contribution in [0.3, 0.4) is 0 Å². The van der Waals surface area contributed by atoms with Crippen molar-refractivity contribution in [3.63, 3.8) is 0 Å². The first-order valence-electron chi connectivity index (χ1n) is 8.96. The molecular formula is C23H19FN4. The Balaban J connectivity index is 1.68. The predicted molar refractivity (Wildman–Crippen MR) is 111 cm³/mol. The van der Waals surface area contributed by atoms with E-state index >= 15 is 0 Å². The normalized spacial score (nSPS) is 11.1. The lowest BCUT2D eigenvalue weighted by molar-refractivity contribution is 0.628. The van der Waals surface area contributed by atoms with Gasteiger partial charge in [-0.25, -0.2) is 9.07 Å². The standard InChI is InChI=1S/C23H19FN4/c1-17-10-12-22(13-11-17)28-16-19(23(27-28)18-6-3-2-4-7-18)15-25-26-21-9-5-8-20(24)14-21/h2-16,26H,1H3/b25-15+. The summed E-state index contributed by atoms with van der Waals surface area (Å²) in [7, 11) is 0. The van der Waals surface area contributed by atoms with Crippen LogP contribution in [0.15, 0.2) is 90.2 Å². The highest BCUT2D eigenvalue weighted by molar-refractivity contribution is 5.89. The number of benzene rings is 3. The van der Waals surface area contributed by atoms with E-state index in [-0.39, 0.29) is 5.82 Å². The minimum atomic E-state index is -0.308. The fourth-order valence-corrected chi connectivity index (χ4v) is 2.87. The second-order valence-corrected chi connectivity index (χ2v) is 6.46. The van der Waals surface area contributed by atoms with Crippen LogP contribution in [0.5, 0.6) is 0 Å². The fourth-order valence-electron chi connectivity index (χ4n) is 2.87. The Morgan fingerprint density at radius 1 is 0.964 bits per heavy atom. The van der Waals surface area contributed by atoms with Gasteiger partial charge in [-0.1, -0.05) is 54.1 Å². The Morgan fingerprint density at radius 2 is 1.75 bits per heavy atom. The number of aromatic nitrogens is 2. The molecule has 4 rings (SSSR count). The third kappa shape index (κ3) is 3.99. The molecule has 138 valence electrons. The molecule has 4 aromatic rings. The van der Waals surface area contributed by atoms with Gasteiger partial charge in [-0.05, 0) is 37.3 Å². The first kappa shape index (κ1) is 17.7. The summed E-state index contributed by atoms with van der Waals surface area (Å²) in [5.74, 6) is -0.308. The van der Waals surface area contributed by atoms with Crippen LogP contribution >= 0.6 is 0 Å². The van der Waals surface area contributed by atoms with Gasteiger partial charge in [0.05, 0.1) is 17.6 Å². The summed E-state index contributed by atoms with van der Waals surface area (Å²) >= 11 is 0. The summed E-state index contributed by atoms with van der Waals surface area (Å²) in [6, 6.07) is 24.3. The highest BCUT2D eigenvalue weighted by atomic mass is 19.1. The van der Waals surface area contributed by atoms with Crippen molar-refractivity contribution in [3.05, 3.63) is 102 Å². The van der Waals surface area contributed by atoms with E-state index in [1.807, 2.05) is 53.3 Å². The van der Waals surface area contributed by atoms with Gasteiger partial charge in [0.25, 0.3) is 0 Å². The molecule has 0 radical (unpaired) electrons. The number of rotatable bonds is 5. The van der Waals surface area contributed by atoms with Crippen LogP contribution in [0.1, 0.15) is 11.1 Å². The molecule has 0 aliphatic carbocycles. The lowest BCUT2D eigenvalue weighted by Crippen LogP contribution is -1.94. The lowest BCUT2D eigenvalue weighted by atomic mass is 10.1. The summed E-state index contributed by atoms with van der Waals surface area (Å²) in [6.45, 7) is 2.05. The molecule has 0 atom stereocenters. The van der Waals surface area contributed by atoms with Gasteiger partial charge in [-0.3, -0.25) is 5.43 Å². The van der Waals surface area contributed by atoms with Crippen molar-refractivity contribution >= 4 is 11.9 Å². The van der Waals surface area contributed by atoms with Crippen molar-refractivity contribution in [3.8, 4) is 16.9 Å². The molecule has 0 fully saturated rings. The summed E-state index contributed by atoms with van der Waals surface area (Å²) in [4.78, 5) is 0. The first-order chi connectivity index (χ1) is 13.7. The fraction of sp³-hybridized carbons (Fsp3) is 0.0435. The van der Waals surface area contributed by atoms with E-state index in [1.165, 1.54) is 17.7 Å². The highest BCUT2D eigenvalue weighted by Gasteiger charge is 2.10. The summed E-state index contributed by atoms with van der Waals surface area (Å²) < 4.78 is 15.2. The molecule has 1 N–H and O–H groups in total. The molecule has 3 aromatic carbocycles. The third-order valence-corrected chi connectivity index (χ3v) is 4.31. The van der Waals surface area contributed by atoms with Gasteiger partial charge in [0.15, 0.2) is 0 Å². The molecule has 0 saturated carbocycles. The van der Waals surface area contributed by atoms with Crippen LogP contribution < -0.4 is 5.43 Å². The molecule has 0 saturated heterocycles. The van der Waals surface area contributed by atoms with Gasteiger partial charge in [-0.15, -0.1) is 0 Å². The van der Waals surface area contributed by atoms with Crippen molar-refractivity contribution in [1.82, 2.24) is 9.78 Å². The van der Waals surface area contributed by atoms with Crippen molar-refractivity contribution in [2.75, 3.05) is 5.43 Å². The zero-order valence-electron chi connectivity index (χ0n) is 15.4. The van der Waals surface area contributed by atoms with Gasteiger partial charge < -0.3 is 0 Å². The molecule has 1 aromatic heterocycles. The van der Waals surface area contributed by atoms with Gasteiger partial charge >= 0.3 is 0 Å². The van der Waals surface area contributed by atoms with E-state index in [1.54, 1.807) is 18.3 Å². The van der Waals surface area contributed by atoms with Crippen molar-refractivity contribution in [2.24, 2.45) is 5.10 Å². The maximum atomic E-state index is 13.3. The zero-order valence-corrected chi connectivity index (χ0v) is 15.4. The minimum Gasteiger partial charge on any atom is -0.278 e. The largest absolute Gasteiger partial charge is 0.278 e. The Bertz CT molecular complexity index is 1100. The van der Waals surface area contributed by atoms with Crippen LogP contribution in [0.25, 0.3) is 16.9 Å². The molecular weight excluding hydrogens is 351 g/mol. The molecule has 0 unspecified atom stereocenters. The number of hydrogen-bond donors (Lipinski definition) is 1. The SMILES string of the molecule is Cc1ccc(-n2cc(/C=N/Nc3cccc(F)c3)c(-c3ccccc3)n2)cc1. The molecule has 5 heteroatoms. The van der Waals surface area contributed by atoms with E-state index < -0.39 is 0 Å². The van der Waals surface area contributed by atoms with Gasteiger partial charge in [-0.2, -0.15) is 10.2 Å². The number of hydrogen-bond acceptors (Lipinski definition) is 3. The molecule has 28 heavy (non-hydrogen) atoms. The van der Waals surface area contributed by atoms with Crippen molar-refractivity contribution in [1.29, 1.82) is 0 Å². The molecule has 4 nitrogen and oxygen atoms in total. The Hall–Kier alpha value is -3.73. The van der Waals surface area contributed by atoms with Crippen molar-refractivity contribution in [2.45, 2.75) is 6.92 Å². The van der Waals surface area contributed by atoms with E-state index in [0.29, 0.717) is 5.69 Å². The molecule has 0 spiro atoms. The van der Waals surface area contributed by atoms with E-state index in [0.717, 1.165) is 22.5 Å². The van der Waals surface area contributed by atoms with Crippen molar-refractivity contribution < 1.29 is 4.39 Å². The molecule has 0 aliphatic heterocycles. The van der Waals surface area contributed by atoms with E-state index in [2.05, 4.69) is 29.6 Å². The monoisotopic (exact) mass is 370 g/mol. The third-order valence-electron chi connectivity index (χ3n) is 4.31. The Kier molecular flexibility index (Phi) is 4.97. The lowest BCUT2D eigenvalue weighted by Gasteiger charge is -2.01. The molecule has 1 heterocycles. The van der Waals surface area contributed by atoms with Crippen LogP contribution in [0, 0.1) is 12.7 Å². The van der Waals surface area contributed by atoms with Crippen LogP contribution in [0.2, 0.25) is 0 Å². The second-order valence-electron chi connectivity index (χ2n) is 6.46.